The molecule has 1 aliphatic heterocycles. The molecule has 1 aliphatic rings. The number of anilines is 1. The highest BCUT2D eigenvalue weighted by Gasteiger charge is 2.22. The molecule has 2 amide bonds. The van der Waals surface area contributed by atoms with E-state index in [1.165, 1.54) is 0 Å². The molecule has 2 rings (SSSR count). The lowest BCUT2D eigenvalue weighted by Crippen LogP contribution is -2.38. The molecule has 5 heteroatoms. The SMILES string of the molecule is Cc1cc(C)cc(N(C)C(=O)C2=NNC(=O)CC2)c1. The van der Waals surface area contributed by atoms with Gasteiger partial charge in [0, 0.05) is 25.6 Å². The van der Waals surface area contributed by atoms with Crippen LogP contribution in [-0.4, -0.2) is 24.6 Å². The summed E-state index contributed by atoms with van der Waals surface area (Å²) in [6.45, 7) is 3.99. The Hall–Kier alpha value is -2.17. The molecular formula is C14H17N3O2. The molecule has 1 aromatic carbocycles. The number of carbonyl (C=O) groups excluding carboxylic acids is 2. The molecule has 0 fully saturated rings. The standard InChI is InChI=1S/C14H17N3O2/c1-9-6-10(2)8-11(7-9)17(3)14(19)12-4-5-13(18)16-15-12/h6-8H,4-5H2,1-3H3,(H,16,18). The predicted octanol–water partition coefficient (Wildman–Crippen LogP) is 1.53. The first kappa shape index (κ1) is 13.3. The van der Waals surface area contributed by atoms with Crippen molar-refractivity contribution in [2.24, 2.45) is 5.10 Å². The monoisotopic (exact) mass is 259 g/mol. The molecule has 0 spiro atoms. The maximum atomic E-state index is 12.3. The van der Waals surface area contributed by atoms with Gasteiger partial charge in [-0.2, -0.15) is 5.10 Å². The van der Waals surface area contributed by atoms with Crippen molar-refractivity contribution < 1.29 is 9.59 Å². The number of rotatable bonds is 2. The summed E-state index contributed by atoms with van der Waals surface area (Å²) in [6, 6.07) is 5.96. The zero-order valence-corrected chi connectivity index (χ0v) is 11.4. The molecule has 0 bridgehead atoms. The number of hydrazone groups is 1. The lowest BCUT2D eigenvalue weighted by molar-refractivity contribution is -0.121. The molecule has 0 aromatic heterocycles. The second-order valence-electron chi connectivity index (χ2n) is 4.80. The van der Waals surface area contributed by atoms with Crippen molar-refractivity contribution in [3.05, 3.63) is 29.3 Å². The molecule has 0 unspecified atom stereocenters. The van der Waals surface area contributed by atoms with Gasteiger partial charge in [0.15, 0.2) is 0 Å². The highest BCUT2D eigenvalue weighted by molar-refractivity contribution is 6.44. The molecule has 19 heavy (non-hydrogen) atoms. The quantitative estimate of drug-likeness (QED) is 0.875. The Balaban J connectivity index is 2.21. The van der Waals surface area contributed by atoms with Crippen molar-refractivity contribution in [1.82, 2.24) is 5.43 Å². The predicted molar refractivity (Wildman–Crippen MR) is 74.1 cm³/mol. The number of aryl methyl sites for hydroxylation is 2. The number of hydrogen-bond donors (Lipinski definition) is 1. The topological polar surface area (TPSA) is 61.8 Å². The van der Waals surface area contributed by atoms with Gasteiger partial charge < -0.3 is 4.90 Å². The Bertz CT molecular complexity index is 544. The van der Waals surface area contributed by atoms with Gasteiger partial charge in [-0.3, -0.25) is 9.59 Å². The summed E-state index contributed by atoms with van der Waals surface area (Å²) in [5.74, 6) is -0.324. The number of nitrogens with one attached hydrogen (secondary N) is 1. The smallest absolute Gasteiger partial charge is 0.274 e. The van der Waals surface area contributed by atoms with Gasteiger partial charge in [-0.15, -0.1) is 0 Å². The van der Waals surface area contributed by atoms with Gasteiger partial charge in [0.05, 0.1) is 0 Å². The van der Waals surface area contributed by atoms with Crippen molar-refractivity contribution in [3.63, 3.8) is 0 Å². The lowest BCUT2D eigenvalue weighted by Gasteiger charge is -2.20. The van der Waals surface area contributed by atoms with Crippen LogP contribution in [0.4, 0.5) is 5.69 Å². The lowest BCUT2D eigenvalue weighted by atomic mass is 10.1. The third-order valence-corrected chi connectivity index (χ3v) is 3.05. The van der Waals surface area contributed by atoms with E-state index in [2.05, 4.69) is 16.6 Å². The van der Waals surface area contributed by atoms with Gasteiger partial charge >= 0.3 is 0 Å². The van der Waals surface area contributed by atoms with Crippen molar-refractivity contribution >= 4 is 23.2 Å². The highest BCUT2D eigenvalue weighted by Crippen LogP contribution is 2.18. The largest absolute Gasteiger partial charge is 0.310 e. The van der Waals surface area contributed by atoms with E-state index in [-0.39, 0.29) is 11.8 Å². The summed E-state index contributed by atoms with van der Waals surface area (Å²) >= 11 is 0. The number of nitrogens with zero attached hydrogens (tertiary/aromatic N) is 2. The number of hydrogen-bond acceptors (Lipinski definition) is 3. The Kier molecular flexibility index (Phi) is 3.64. The van der Waals surface area contributed by atoms with Gasteiger partial charge in [0.25, 0.3) is 5.91 Å². The van der Waals surface area contributed by atoms with E-state index >= 15 is 0 Å². The second kappa shape index (κ2) is 5.22. The molecule has 1 N–H and O–H groups in total. The summed E-state index contributed by atoms with van der Waals surface area (Å²) in [5.41, 5.74) is 5.78. The first-order chi connectivity index (χ1) is 8.97. The zero-order chi connectivity index (χ0) is 14.0. The van der Waals surface area contributed by atoms with Gasteiger partial charge in [0.1, 0.15) is 5.71 Å². The van der Waals surface area contributed by atoms with E-state index in [1.54, 1.807) is 11.9 Å². The van der Waals surface area contributed by atoms with Crippen molar-refractivity contribution in [2.75, 3.05) is 11.9 Å². The van der Waals surface area contributed by atoms with E-state index < -0.39 is 0 Å². The van der Waals surface area contributed by atoms with Crippen LogP contribution >= 0.6 is 0 Å². The van der Waals surface area contributed by atoms with E-state index in [1.807, 2.05) is 26.0 Å². The third kappa shape index (κ3) is 2.99. The molecule has 0 saturated carbocycles. The normalized spacial score (nSPS) is 14.7. The van der Waals surface area contributed by atoms with Gasteiger partial charge in [-0.1, -0.05) is 6.07 Å². The molecule has 0 atom stereocenters. The van der Waals surface area contributed by atoms with Crippen molar-refractivity contribution in [2.45, 2.75) is 26.7 Å². The number of benzene rings is 1. The molecule has 0 aliphatic carbocycles. The van der Waals surface area contributed by atoms with Gasteiger partial charge in [-0.05, 0) is 37.1 Å². The first-order valence-electron chi connectivity index (χ1n) is 6.19. The second-order valence-corrected chi connectivity index (χ2v) is 4.80. The Labute approximate surface area is 112 Å². The average molecular weight is 259 g/mol. The summed E-state index contributed by atoms with van der Waals surface area (Å²) in [5, 5.41) is 3.83. The number of amides is 2. The van der Waals surface area contributed by atoms with Crippen LogP contribution in [-0.2, 0) is 9.59 Å². The minimum Gasteiger partial charge on any atom is -0.310 e. The van der Waals surface area contributed by atoms with E-state index in [4.69, 9.17) is 0 Å². The van der Waals surface area contributed by atoms with Crippen LogP contribution in [0, 0.1) is 13.8 Å². The van der Waals surface area contributed by atoms with Crippen LogP contribution < -0.4 is 10.3 Å². The summed E-state index contributed by atoms with van der Waals surface area (Å²) < 4.78 is 0. The van der Waals surface area contributed by atoms with E-state index in [0.29, 0.717) is 18.6 Å². The Morgan fingerprint density at radius 2 is 1.84 bits per heavy atom. The van der Waals surface area contributed by atoms with Gasteiger partial charge in [-0.25, -0.2) is 5.43 Å². The fourth-order valence-electron chi connectivity index (χ4n) is 2.08. The molecule has 0 radical (unpaired) electrons. The minimum atomic E-state index is -0.176. The van der Waals surface area contributed by atoms with Crippen LogP contribution in [0.5, 0.6) is 0 Å². The fraction of sp³-hybridized carbons (Fsp3) is 0.357. The Morgan fingerprint density at radius 3 is 2.37 bits per heavy atom. The Morgan fingerprint density at radius 1 is 1.21 bits per heavy atom. The molecule has 0 saturated heterocycles. The van der Waals surface area contributed by atoms with Crippen molar-refractivity contribution in [3.8, 4) is 0 Å². The molecule has 5 nitrogen and oxygen atoms in total. The third-order valence-electron chi connectivity index (χ3n) is 3.05. The summed E-state index contributed by atoms with van der Waals surface area (Å²) in [6.07, 6.45) is 0.699. The van der Waals surface area contributed by atoms with Crippen LogP contribution in [0.1, 0.15) is 24.0 Å². The zero-order valence-electron chi connectivity index (χ0n) is 11.4. The van der Waals surface area contributed by atoms with Crippen LogP contribution in [0.2, 0.25) is 0 Å². The molecule has 100 valence electrons. The van der Waals surface area contributed by atoms with Crippen LogP contribution in [0.25, 0.3) is 0 Å². The average Bonchev–Trinajstić information content (AvgIpc) is 2.37. The molecular weight excluding hydrogens is 242 g/mol. The van der Waals surface area contributed by atoms with Crippen LogP contribution in [0.3, 0.4) is 0 Å². The molecule has 1 heterocycles. The maximum Gasteiger partial charge on any atom is 0.274 e. The highest BCUT2D eigenvalue weighted by atomic mass is 16.2. The fourth-order valence-corrected chi connectivity index (χ4v) is 2.08. The number of carbonyl (C=O) groups is 2. The molecule has 1 aromatic rings. The summed E-state index contributed by atoms with van der Waals surface area (Å²) in [4.78, 5) is 24.9. The maximum absolute atomic E-state index is 12.3. The van der Waals surface area contributed by atoms with Crippen LogP contribution in [0.15, 0.2) is 23.3 Å². The minimum absolute atomic E-state index is 0.148. The van der Waals surface area contributed by atoms with Gasteiger partial charge in [0.2, 0.25) is 5.91 Å². The van der Waals surface area contributed by atoms with E-state index in [9.17, 15) is 9.59 Å². The first-order valence-corrected chi connectivity index (χ1v) is 6.19. The van der Waals surface area contributed by atoms with E-state index in [0.717, 1.165) is 16.8 Å². The van der Waals surface area contributed by atoms with Crippen molar-refractivity contribution in [1.29, 1.82) is 0 Å². The summed E-state index contributed by atoms with van der Waals surface area (Å²) in [7, 11) is 1.72.